The number of hydrogen-bond donors (Lipinski definition) is 1. The van der Waals surface area contributed by atoms with Gasteiger partial charge in [-0.05, 0) is 18.2 Å². The van der Waals surface area contributed by atoms with Crippen molar-refractivity contribution in [2.75, 3.05) is 39.4 Å². The molecule has 0 saturated heterocycles. The smallest absolute Gasteiger partial charge is 0.377 e. The van der Waals surface area contributed by atoms with Gasteiger partial charge in [-0.15, -0.1) is 0 Å². The van der Waals surface area contributed by atoms with Crippen LogP contribution in [0.2, 0.25) is 0 Å². The molecule has 1 aromatic rings. The zero-order valence-electron chi connectivity index (χ0n) is 14.6. The van der Waals surface area contributed by atoms with Gasteiger partial charge in [0, 0.05) is 0 Å². The van der Waals surface area contributed by atoms with Crippen molar-refractivity contribution in [1.29, 1.82) is 0 Å². The lowest BCUT2D eigenvalue weighted by Crippen LogP contribution is -2.24. The van der Waals surface area contributed by atoms with Gasteiger partial charge in [0.05, 0.1) is 31.0 Å². The van der Waals surface area contributed by atoms with Crippen LogP contribution in [-0.2, 0) is 33.3 Å². The van der Waals surface area contributed by atoms with Crippen molar-refractivity contribution in [3.63, 3.8) is 0 Å². The highest BCUT2D eigenvalue weighted by molar-refractivity contribution is 6.04. The summed E-state index contributed by atoms with van der Waals surface area (Å²) >= 11 is 0. The molecule has 1 N–H and O–H groups in total. The fourth-order valence-corrected chi connectivity index (χ4v) is 2.04. The number of carbonyl (C=O) groups excluding carboxylic acids is 4. The number of rotatable bonds is 6. The number of esters is 3. The number of anilines is 1. The zero-order valence-corrected chi connectivity index (χ0v) is 14.6. The average molecular weight is 379 g/mol. The maximum Gasteiger partial charge on any atom is 0.377 e. The molecule has 0 atom stereocenters. The summed E-state index contributed by atoms with van der Waals surface area (Å²) in [5, 5.41) is 2.39. The second-order valence-electron chi connectivity index (χ2n) is 5.07. The predicted molar refractivity (Wildman–Crippen MR) is 88.7 cm³/mol. The minimum absolute atomic E-state index is 0.00210. The van der Waals surface area contributed by atoms with E-state index in [-0.39, 0.29) is 29.2 Å². The summed E-state index contributed by atoms with van der Waals surface area (Å²) in [6, 6.07) is 3.90. The minimum atomic E-state index is -0.874. The fourth-order valence-electron chi connectivity index (χ4n) is 2.04. The molecule has 0 saturated carbocycles. The van der Waals surface area contributed by atoms with Gasteiger partial charge in [-0.1, -0.05) is 0 Å². The summed E-state index contributed by atoms with van der Waals surface area (Å²) in [5.74, 6) is -3.16. The number of methoxy groups -OCH3 is 2. The Kier molecular flexibility index (Phi) is 6.75. The van der Waals surface area contributed by atoms with Crippen LogP contribution < -0.4 is 5.32 Å². The van der Waals surface area contributed by atoms with Crippen LogP contribution >= 0.6 is 0 Å². The van der Waals surface area contributed by atoms with Crippen molar-refractivity contribution in [2.45, 2.75) is 0 Å². The molecule has 0 spiro atoms. The van der Waals surface area contributed by atoms with E-state index in [2.05, 4.69) is 14.8 Å². The van der Waals surface area contributed by atoms with Crippen molar-refractivity contribution >= 4 is 29.5 Å². The normalized spacial score (nSPS) is 12.6. The van der Waals surface area contributed by atoms with E-state index in [1.807, 2.05) is 0 Å². The van der Waals surface area contributed by atoms with E-state index in [4.69, 9.17) is 14.2 Å². The van der Waals surface area contributed by atoms with Gasteiger partial charge in [0.1, 0.15) is 19.5 Å². The topological polar surface area (TPSA) is 126 Å². The van der Waals surface area contributed by atoms with E-state index in [1.165, 1.54) is 32.4 Å². The summed E-state index contributed by atoms with van der Waals surface area (Å²) in [5.41, 5.74) is 0.120. The largest absolute Gasteiger partial charge is 0.493 e. The molecule has 10 nitrogen and oxygen atoms in total. The number of nitrogens with one attached hydrogen (secondary N) is 1. The first kappa shape index (κ1) is 19.8. The third kappa shape index (κ3) is 5.21. The highest BCUT2D eigenvalue weighted by atomic mass is 16.6. The molecule has 0 unspecified atom stereocenters. The lowest BCUT2D eigenvalue weighted by Gasteiger charge is -2.15. The van der Waals surface area contributed by atoms with E-state index < -0.39 is 30.4 Å². The number of carbonyl (C=O) groups is 4. The van der Waals surface area contributed by atoms with E-state index in [1.54, 1.807) is 0 Å². The van der Waals surface area contributed by atoms with Crippen LogP contribution in [0.1, 0.15) is 20.7 Å². The molecule has 0 fully saturated rings. The Morgan fingerprint density at radius 3 is 2.41 bits per heavy atom. The highest BCUT2D eigenvalue weighted by Gasteiger charge is 2.20. The lowest BCUT2D eigenvalue weighted by molar-refractivity contribution is -0.148. The maximum absolute atomic E-state index is 12.1. The van der Waals surface area contributed by atoms with Gasteiger partial charge in [0.15, 0.2) is 6.61 Å². The molecule has 0 aromatic heterocycles. The highest BCUT2D eigenvalue weighted by Crippen LogP contribution is 2.20. The van der Waals surface area contributed by atoms with Crippen LogP contribution in [0.5, 0.6) is 0 Å². The lowest BCUT2D eigenvalue weighted by atomic mass is 10.1. The Balaban J connectivity index is 2.08. The molecule has 1 aliphatic rings. The van der Waals surface area contributed by atoms with Gasteiger partial charge in [-0.2, -0.15) is 0 Å². The average Bonchev–Trinajstić information content (AvgIpc) is 2.71. The number of hydrogen-bond acceptors (Lipinski definition) is 9. The van der Waals surface area contributed by atoms with Crippen molar-refractivity contribution in [3.05, 3.63) is 41.3 Å². The number of ether oxygens (including phenoxy) is 5. The Labute approximate surface area is 154 Å². The van der Waals surface area contributed by atoms with E-state index in [9.17, 15) is 19.2 Å². The molecular formula is C17H17NO9. The van der Waals surface area contributed by atoms with Crippen LogP contribution in [0.25, 0.3) is 0 Å². The quantitative estimate of drug-likeness (QED) is 0.559. The van der Waals surface area contributed by atoms with Crippen molar-refractivity contribution in [2.24, 2.45) is 0 Å². The molecule has 10 heteroatoms. The Hall–Kier alpha value is -3.56. The monoisotopic (exact) mass is 379 g/mol. The number of amides is 1. The Morgan fingerprint density at radius 1 is 1.04 bits per heavy atom. The standard InChI is InChI=1S/C17H17NO9/c1-23-15(20)10-3-4-11(16(21)24-2)12(7-10)18-14(19)9-27-17(22)13-8-25-5-6-26-13/h3-4,7-8H,5-6,9H2,1-2H3,(H,18,19). The Bertz CT molecular complexity index is 785. The summed E-state index contributed by atoms with van der Waals surface area (Å²) < 4.78 is 24.0. The van der Waals surface area contributed by atoms with Gasteiger partial charge in [-0.3, -0.25) is 4.79 Å². The van der Waals surface area contributed by atoms with Gasteiger partial charge < -0.3 is 29.0 Å². The molecule has 0 bridgehead atoms. The zero-order chi connectivity index (χ0) is 19.8. The van der Waals surface area contributed by atoms with Crippen LogP contribution in [0, 0.1) is 0 Å². The summed E-state index contributed by atoms with van der Waals surface area (Å²) in [6.45, 7) is -0.150. The molecule has 1 heterocycles. The molecule has 1 aromatic carbocycles. The molecule has 27 heavy (non-hydrogen) atoms. The van der Waals surface area contributed by atoms with Gasteiger partial charge in [0.25, 0.3) is 5.91 Å². The first-order chi connectivity index (χ1) is 13.0. The number of benzene rings is 1. The SMILES string of the molecule is COC(=O)c1ccc(C(=O)OC)c(NC(=O)COC(=O)C2=COCCO2)c1. The van der Waals surface area contributed by atoms with Crippen molar-refractivity contribution in [1.82, 2.24) is 0 Å². The van der Waals surface area contributed by atoms with E-state index in [0.717, 1.165) is 6.26 Å². The first-order valence-corrected chi connectivity index (χ1v) is 7.68. The van der Waals surface area contributed by atoms with Crippen molar-refractivity contribution < 1.29 is 42.9 Å². The molecule has 144 valence electrons. The van der Waals surface area contributed by atoms with E-state index in [0.29, 0.717) is 6.61 Å². The van der Waals surface area contributed by atoms with Crippen LogP contribution in [0.15, 0.2) is 30.2 Å². The third-order valence-electron chi connectivity index (χ3n) is 3.30. The molecular weight excluding hydrogens is 362 g/mol. The van der Waals surface area contributed by atoms with Crippen LogP contribution in [-0.4, -0.2) is 57.9 Å². The summed E-state index contributed by atoms with van der Waals surface area (Å²) in [4.78, 5) is 47.3. The third-order valence-corrected chi connectivity index (χ3v) is 3.30. The maximum atomic E-state index is 12.1. The fraction of sp³-hybridized carbons (Fsp3) is 0.294. The van der Waals surface area contributed by atoms with Crippen molar-refractivity contribution in [3.8, 4) is 0 Å². The summed E-state index contributed by atoms with van der Waals surface area (Å²) in [7, 11) is 2.36. The summed E-state index contributed by atoms with van der Waals surface area (Å²) in [6.07, 6.45) is 1.10. The molecule has 0 aliphatic carbocycles. The van der Waals surface area contributed by atoms with Gasteiger partial charge in [0.2, 0.25) is 5.76 Å². The van der Waals surface area contributed by atoms with E-state index >= 15 is 0 Å². The predicted octanol–water partition coefficient (Wildman–Crippen LogP) is 0.630. The second-order valence-corrected chi connectivity index (χ2v) is 5.07. The van der Waals surface area contributed by atoms with Crippen LogP contribution in [0.4, 0.5) is 5.69 Å². The Morgan fingerprint density at radius 2 is 1.78 bits per heavy atom. The minimum Gasteiger partial charge on any atom is -0.493 e. The second kappa shape index (κ2) is 9.22. The first-order valence-electron chi connectivity index (χ1n) is 7.68. The molecule has 2 rings (SSSR count). The van der Waals surface area contributed by atoms with Crippen LogP contribution in [0.3, 0.4) is 0 Å². The van der Waals surface area contributed by atoms with Gasteiger partial charge >= 0.3 is 17.9 Å². The molecule has 1 amide bonds. The van der Waals surface area contributed by atoms with Gasteiger partial charge in [-0.25, -0.2) is 14.4 Å². The molecule has 1 aliphatic heterocycles. The molecule has 0 radical (unpaired) electrons.